The Hall–Kier alpha value is -2.21. The van der Waals surface area contributed by atoms with Crippen LogP contribution in [0.15, 0.2) is 18.2 Å². The molecule has 0 heterocycles. The van der Waals surface area contributed by atoms with Crippen LogP contribution in [0.3, 0.4) is 0 Å². The molecule has 134 valence electrons. The lowest BCUT2D eigenvalue weighted by Crippen LogP contribution is -2.23. The van der Waals surface area contributed by atoms with Crippen molar-refractivity contribution >= 4 is 12.0 Å². The summed E-state index contributed by atoms with van der Waals surface area (Å²) >= 11 is 0. The standard InChI is InChI=1S/C18H27NO5/c1-13(2)24-12-6-11-19-16(20)10-8-14-7-9-15(21-3)18(23-5)17(14)22-4/h7-10,13H,6,11-12H2,1-5H3,(H,19,20)/b10-8+. The first kappa shape index (κ1) is 19.8. The monoisotopic (exact) mass is 337 g/mol. The number of nitrogens with one attached hydrogen (secondary N) is 1. The molecule has 1 aromatic carbocycles. The van der Waals surface area contributed by atoms with Gasteiger partial charge in [0.1, 0.15) is 0 Å². The number of carbonyl (C=O) groups is 1. The van der Waals surface area contributed by atoms with E-state index in [1.807, 2.05) is 13.8 Å². The fourth-order valence-corrected chi connectivity index (χ4v) is 2.08. The summed E-state index contributed by atoms with van der Waals surface area (Å²) in [5.41, 5.74) is 0.730. The molecule has 0 fully saturated rings. The SMILES string of the molecule is COc1ccc(/C=C/C(=O)NCCCOC(C)C)c(OC)c1OC. The van der Waals surface area contributed by atoms with Crippen molar-refractivity contribution in [1.82, 2.24) is 5.32 Å². The van der Waals surface area contributed by atoms with E-state index in [1.54, 1.807) is 39.5 Å². The van der Waals surface area contributed by atoms with Crippen molar-refractivity contribution in [1.29, 1.82) is 0 Å². The van der Waals surface area contributed by atoms with E-state index >= 15 is 0 Å². The van der Waals surface area contributed by atoms with E-state index in [4.69, 9.17) is 18.9 Å². The van der Waals surface area contributed by atoms with Gasteiger partial charge in [0.05, 0.1) is 27.4 Å². The molecule has 0 saturated heterocycles. The zero-order valence-electron chi connectivity index (χ0n) is 15.0. The fraction of sp³-hybridized carbons (Fsp3) is 0.500. The zero-order valence-corrected chi connectivity index (χ0v) is 15.0. The lowest BCUT2D eigenvalue weighted by atomic mass is 10.1. The number of rotatable bonds is 10. The van der Waals surface area contributed by atoms with Gasteiger partial charge in [-0.15, -0.1) is 0 Å². The molecular weight excluding hydrogens is 310 g/mol. The van der Waals surface area contributed by atoms with Crippen LogP contribution in [0.5, 0.6) is 17.2 Å². The van der Waals surface area contributed by atoms with Crippen LogP contribution >= 0.6 is 0 Å². The third-order valence-corrected chi connectivity index (χ3v) is 3.22. The molecule has 1 N–H and O–H groups in total. The van der Waals surface area contributed by atoms with Crippen LogP contribution in [0.1, 0.15) is 25.8 Å². The number of hydrogen-bond acceptors (Lipinski definition) is 5. The molecule has 0 aromatic heterocycles. The molecule has 0 bridgehead atoms. The summed E-state index contributed by atoms with van der Waals surface area (Å²) in [6.45, 7) is 5.17. The van der Waals surface area contributed by atoms with Gasteiger partial charge in [-0.05, 0) is 38.5 Å². The molecule has 0 aliphatic carbocycles. The minimum atomic E-state index is -0.170. The Labute approximate surface area is 143 Å². The maximum absolute atomic E-state index is 11.9. The van der Waals surface area contributed by atoms with Crippen LogP contribution in [-0.2, 0) is 9.53 Å². The first-order valence-electron chi connectivity index (χ1n) is 7.90. The molecule has 1 aromatic rings. The highest BCUT2D eigenvalue weighted by Crippen LogP contribution is 2.40. The smallest absolute Gasteiger partial charge is 0.244 e. The third kappa shape index (κ3) is 6.12. The average Bonchev–Trinajstić information content (AvgIpc) is 2.58. The Morgan fingerprint density at radius 3 is 2.42 bits per heavy atom. The second kappa shape index (κ2) is 10.5. The number of methoxy groups -OCH3 is 3. The van der Waals surface area contributed by atoms with Gasteiger partial charge in [-0.25, -0.2) is 0 Å². The van der Waals surface area contributed by atoms with Crippen LogP contribution in [0, 0.1) is 0 Å². The summed E-state index contributed by atoms with van der Waals surface area (Å²) in [4.78, 5) is 11.9. The molecular formula is C18H27NO5. The molecule has 0 aliphatic rings. The first-order chi connectivity index (χ1) is 11.5. The summed E-state index contributed by atoms with van der Waals surface area (Å²) in [6, 6.07) is 3.57. The molecule has 1 amide bonds. The van der Waals surface area contributed by atoms with Crippen molar-refractivity contribution < 1.29 is 23.7 Å². The van der Waals surface area contributed by atoms with E-state index in [9.17, 15) is 4.79 Å². The van der Waals surface area contributed by atoms with Crippen LogP contribution in [0.25, 0.3) is 6.08 Å². The predicted molar refractivity (Wildman–Crippen MR) is 93.8 cm³/mol. The number of carbonyl (C=O) groups excluding carboxylic acids is 1. The van der Waals surface area contributed by atoms with E-state index in [-0.39, 0.29) is 12.0 Å². The number of ether oxygens (including phenoxy) is 4. The molecule has 0 radical (unpaired) electrons. The summed E-state index contributed by atoms with van der Waals surface area (Å²) in [7, 11) is 4.65. The van der Waals surface area contributed by atoms with Crippen LogP contribution in [-0.4, -0.2) is 46.5 Å². The second-order valence-electron chi connectivity index (χ2n) is 5.32. The molecule has 0 saturated carbocycles. The van der Waals surface area contributed by atoms with Gasteiger partial charge in [-0.2, -0.15) is 0 Å². The van der Waals surface area contributed by atoms with Gasteiger partial charge in [-0.1, -0.05) is 0 Å². The summed E-state index contributed by atoms with van der Waals surface area (Å²) in [5.74, 6) is 1.41. The molecule has 24 heavy (non-hydrogen) atoms. The lowest BCUT2D eigenvalue weighted by Gasteiger charge is -2.14. The van der Waals surface area contributed by atoms with Crippen LogP contribution in [0.2, 0.25) is 0 Å². The molecule has 0 atom stereocenters. The maximum atomic E-state index is 11.9. The molecule has 1 rings (SSSR count). The van der Waals surface area contributed by atoms with Crippen molar-refractivity contribution in [2.75, 3.05) is 34.5 Å². The van der Waals surface area contributed by atoms with Gasteiger partial charge in [0.15, 0.2) is 11.5 Å². The van der Waals surface area contributed by atoms with E-state index in [1.165, 1.54) is 6.08 Å². The summed E-state index contributed by atoms with van der Waals surface area (Å²) < 4.78 is 21.3. The minimum Gasteiger partial charge on any atom is -0.493 e. The summed E-state index contributed by atoms with van der Waals surface area (Å²) in [5, 5.41) is 2.81. The highest BCUT2D eigenvalue weighted by Gasteiger charge is 2.14. The Bertz CT molecular complexity index is 555. The quantitative estimate of drug-likeness (QED) is 0.525. The van der Waals surface area contributed by atoms with Crippen LogP contribution in [0.4, 0.5) is 0 Å². The molecule has 6 heteroatoms. The largest absolute Gasteiger partial charge is 0.493 e. The fourth-order valence-electron chi connectivity index (χ4n) is 2.08. The summed E-state index contributed by atoms with van der Waals surface area (Å²) in [6.07, 6.45) is 4.13. The van der Waals surface area contributed by atoms with Crippen molar-refractivity contribution in [3.63, 3.8) is 0 Å². The van der Waals surface area contributed by atoms with E-state index in [0.29, 0.717) is 30.4 Å². The van der Waals surface area contributed by atoms with Crippen LogP contribution < -0.4 is 19.5 Å². The predicted octanol–water partition coefficient (Wildman–Crippen LogP) is 2.66. The van der Waals surface area contributed by atoms with E-state index in [2.05, 4.69) is 5.32 Å². The molecule has 0 aliphatic heterocycles. The van der Waals surface area contributed by atoms with Gasteiger partial charge >= 0.3 is 0 Å². The van der Waals surface area contributed by atoms with Crippen molar-refractivity contribution in [2.24, 2.45) is 0 Å². The normalized spacial score (nSPS) is 10.9. The van der Waals surface area contributed by atoms with Gasteiger partial charge in [0.25, 0.3) is 0 Å². The Morgan fingerprint density at radius 2 is 1.83 bits per heavy atom. The van der Waals surface area contributed by atoms with Gasteiger partial charge in [0.2, 0.25) is 11.7 Å². The lowest BCUT2D eigenvalue weighted by molar-refractivity contribution is -0.116. The topological polar surface area (TPSA) is 66.0 Å². The van der Waals surface area contributed by atoms with Crippen molar-refractivity contribution in [3.05, 3.63) is 23.8 Å². The Balaban J connectivity index is 2.64. The first-order valence-corrected chi connectivity index (χ1v) is 7.90. The molecule has 0 unspecified atom stereocenters. The van der Waals surface area contributed by atoms with Crippen molar-refractivity contribution in [2.45, 2.75) is 26.4 Å². The Kier molecular flexibility index (Phi) is 8.71. The third-order valence-electron chi connectivity index (χ3n) is 3.22. The second-order valence-corrected chi connectivity index (χ2v) is 5.32. The Morgan fingerprint density at radius 1 is 1.12 bits per heavy atom. The maximum Gasteiger partial charge on any atom is 0.244 e. The number of amides is 1. The number of hydrogen-bond donors (Lipinski definition) is 1. The average molecular weight is 337 g/mol. The van der Waals surface area contributed by atoms with Gasteiger partial charge in [-0.3, -0.25) is 4.79 Å². The molecule has 0 spiro atoms. The van der Waals surface area contributed by atoms with Gasteiger partial charge < -0.3 is 24.3 Å². The van der Waals surface area contributed by atoms with E-state index < -0.39 is 0 Å². The molecule has 6 nitrogen and oxygen atoms in total. The zero-order chi connectivity index (χ0) is 17.9. The number of benzene rings is 1. The minimum absolute atomic E-state index is 0.170. The van der Waals surface area contributed by atoms with Crippen molar-refractivity contribution in [3.8, 4) is 17.2 Å². The van der Waals surface area contributed by atoms with Gasteiger partial charge in [0, 0.05) is 24.8 Å². The highest BCUT2D eigenvalue weighted by atomic mass is 16.5. The highest BCUT2D eigenvalue weighted by molar-refractivity contribution is 5.92. The van der Waals surface area contributed by atoms with E-state index in [0.717, 1.165) is 12.0 Å².